The highest BCUT2D eigenvalue weighted by molar-refractivity contribution is 7.89. The van der Waals surface area contributed by atoms with Gasteiger partial charge in [0.1, 0.15) is 0 Å². The van der Waals surface area contributed by atoms with E-state index in [2.05, 4.69) is 0 Å². The molecule has 1 saturated heterocycles. The lowest BCUT2D eigenvalue weighted by Gasteiger charge is -2.21. The van der Waals surface area contributed by atoms with E-state index in [0.29, 0.717) is 32.6 Å². The summed E-state index contributed by atoms with van der Waals surface area (Å²) in [5.41, 5.74) is 7.58. The molecule has 0 saturated carbocycles. The Morgan fingerprint density at radius 1 is 0.926 bits per heavy atom. The van der Waals surface area contributed by atoms with Gasteiger partial charge in [0.25, 0.3) is 10.0 Å². The molecule has 9 heteroatoms. The van der Waals surface area contributed by atoms with Gasteiger partial charge in [-0.3, -0.25) is 5.41 Å². The van der Waals surface area contributed by atoms with E-state index in [1.54, 1.807) is 29.2 Å². The van der Waals surface area contributed by atoms with Crippen molar-refractivity contribution in [1.29, 1.82) is 5.41 Å². The first kappa shape index (κ1) is 23.2. The van der Waals surface area contributed by atoms with E-state index < -0.39 is 10.0 Å². The number of hydrogen-bond donors (Lipinski definition) is 2. The van der Waals surface area contributed by atoms with Crippen LogP contribution in [0, 0.1) is 5.41 Å². The van der Waals surface area contributed by atoms with E-state index in [1.807, 2.05) is 30.3 Å². The molecule has 3 N–H and O–H groups in total. The first-order chi connectivity index (χ1) is 12.0. The van der Waals surface area contributed by atoms with Gasteiger partial charge < -0.3 is 10.6 Å². The average Bonchev–Trinajstić information content (AvgIpc) is 2.98. The summed E-state index contributed by atoms with van der Waals surface area (Å²) in [4.78, 5) is 1.98. The Hall–Kier alpha value is -1.80. The third kappa shape index (κ3) is 5.13. The Labute approximate surface area is 172 Å². The highest BCUT2D eigenvalue weighted by Crippen LogP contribution is 2.22. The third-order valence-corrected chi connectivity index (χ3v) is 6.07. The highest BCUT2D eigenvalue weighted by Gasteiger charge is 2.35. The number of hydrogen-bond acceptors (Lipinski definition) is 4. The molecule has 1 aliphatic heterocycles. The number of nitrogens with one attached hydrogen (secondary N) is 1. The number of nitrogens with two attached hydrogens (primary N) is 1. The normalized spacial score (nSPS) is 13.9. The van der Waals surface area contributed by atoms with E-state index in [-0.39, 0.29) is 35.7 Å². The zero-order valence-electron chi connectivity index (χ0n) is 14.7. The molecule has 0 atom stereocenters. The van der Waals surface area contributed by atoms with Crippen molar-refractivity contribution in [3.8, 4) is 0 Å². The van der Waals surface area contributed by atoms with Crippen LogP contribution in [-0.2, 0) is 23.0 Å². The minimum atomic E-state index is -3.71. The van der Waals surface area contributed by atoms with Gasteiger partial charge in [-0.25, -0.2) is 12.7 Å². The van der Waals surface area contributed by atoms with E-state index in [9.17, 15) is 8.42 Å². The Bertz CT molecular complexity index is 845. The Balaban J connectivity index is 0.00000182. The molecule has 0 aliphatic carbocycles. The second kappa shape index (κ2) is 9.94. The van der Waals surface area contributed by atoms with Crippen molar-refractivity contribution >= 4 is 40.8 Å². The van der Waals surface area contributed by atoms with Gasteiger partial charge in [-0.05, 0) is 36.2 Å². The van der Waals surface area contributed by atoms with Crippen LogP contribution in [-0.4, -0.2) is 43.2 Å². The molecule has 1 heterocycles. The zero-order valence-corrected chi connectivity index (χ0v) is 17.2. The third-order valence-electron chi connectivity index (χ3n) is 4.27. The van der Waals surface area contributed by atoms with Crippen LogP contribution < -0.4 is 5.73 Å². The number of nitrogens with zero attached hydrogens (tertiary/aromatic N) is 2. The van der Waals surface area contributed by atoms with Crippen LogP contribution in [0.2, 0.25) is 0 Å². The molecule has 2 aromatic carbocycles. The van der Waals surface area contributed by atoms with E-state index in [4.69, 9.17) is 11.1 Å². The van der Waals surface area contributed by atoms with Gasteiger partial charge >= 0.3 is 0 Å². The van der Waals surface area contributed by atoms with Crippen LogP contribution in [0.25, 0.3) is 0 Å². The minimum absolute atomic E-state index is 0. The predicted octanol–water partition coefficient (Wildman–Crippen LogP) is 2.47. The van der Waals surface area contributed by atoms with Crippen LogP contribution in [0.3, 0.4) is 0 Å². The summed E-state index contributed by atoms with van der Waals surface area (Å²) in [6.45, 7) is 1.86. The van der Waals surface area contributed by atoms with E-state index in [1.165, 1.54) is 4.31 Å². The lowest BCUT2D eigenvalue weighted by molar-refractivity contribution is 0.454. The van der Waals surface area contributed by atoms with Crippen LogP contribution in [0.1, 0.15) is 11.1 Å². The molecule has 27 heavy (non-hydrogen) atoms. The standard InChI is InChI=1S/C18H22N4O2S.2ClH/c19-11-10-15-6-8-17(9-7-15)25(23,24)22-13-12-21(18(22)20)14-16-4-2-1-3-5-16;;/h1-9,20H,10-14,19H2;2*1H. The largest absolute Gasteiger partial charge is 0.336 e. The maximum Gasteiger partial charge on any atom is 0.266 e. The molecule has 1 fully saturated rings. The summed E-state index contributed by atoms with van der Waals surface area (Å²) >= 11 is 0. The zero-order chi connectivity index (χ0) is 17.9. The predicted molar refractivity (Wildman–Crippen MR) is 112 cm³/mol. The summed E-state index contributed by atoms with van der Waals surface area (Å²) in [7, 11) is -3.71. The lowest BCUT2D eigenvalue weighted by Crippen LogP contribution is -2.36. The second-order valence-corrected chi connectivity index (χ2v) is 7.85. The Kier molecular flexibility index (Phi) is 8.56. The van der Waals surface area contributed by atoms with E-state index >= 15 is 0 Å². The van der Waals surface area contributed by atoms with Crippen LogP contribution in [0.4, 0.5) is 0 Å². The van der Waals surface area contributed by atoms with Crippen molar-refractivity contribution in [3.05, 3.63) is 65.7 Å². The molecule has 3 rings (SSSR count). The van der Waals surface area contributed by atoms with Gasteiger partial charge in [-0.1, -0.05) is 42.5 Å². The Morgan fingerprint density at radius 2 is 1.56 bits per heavy atom. The second-order valence-electron chi connectivity index (χ2n) is 5.99. The molecule has 1 aliphatic rings. The molecule has 0 aromatic heterocycles. The van der Waals surface area contributed by atoms with Crippen molar-refractivity contribution in [3.63, 3.8) is 0 Å². The van der Waals surface area contributed by atoms with Gasteiger partial charge in [0.05, 0.1) is 11.4 Å². The molecule has 2 aromatic rings. The van der Waals surface area contributed by atoms with Gasteiger partial charge in [-0.15, -0.1) is 24.8 Å². The number of guanidine groups is 1. The van der Waals surface area contributed by atoms with Crippen LogP contribution >= 0.6 is 24.8 Å². The molecular formula is C18H24Cl2N4O2S. The van der Waals surface area contributed by atoms with Crippen LogP contribution in [0.5, 0.6) is 0 Å². The molecular weight excluding hydrogens is 407 g/mol. The SMILES string of the molecule is Cl.Cl.N=C1N(Cc2ccccc2)CCN1S(=O)(=O)c1ccc(CCN)cc1. The molecule has 0 amide bonds. The van der Waals surface area contributed by atoms with Crippen molar-refractivity contribution < 1.29 is 8.42 Å². The van der Waals surface area contributed by atoms with Gasteiger partial charge in [0.15, 0.2) is 0 Å². The fourth-order valence-electron chi connectivity index (χ4n) is 2.89. The van der Waals surface area contributed by atoms with Crippen LogP contribution in [0.15, 0.2) is 59.5 Å². The van der Waals surface area contributed by atoms with Gasteiger partial charge in [0, 0.05) is 13.1 Å². The van der Waals surface area contributed by atoms with Crippen molar-refractivity contribution in [2.45, 2.75) is 17.9 Å². The molecule has 148 valence electrons. The minimum Gasteiger partial charge on any atom is -0.336 e. The quantitative estimate of drug-likeness (QED) is 0.735. The first-order valence-electron chi connectivity index (χ1n) is 8.21. The number of halogens is 2. The summed E-state index contributed by atoms with van der Waals surface area (Å²) in [5, 5.41) is 8.28. The fourth-order valence-corrected chi connectivity index (χ4v) is 4.29. The van der Waals surface area contributed by atoms with Crippen molar-refractivity contribution in [2.24, 2.45) is 5.73 Å². The lowest BCUT2D eigenvalue weighted by atomic mass is 10.2. The Morgan fingerprint density at radius 3 is 2.15 bits per heavy atom. The molecule has 0 unspecified atom stereocenters. The number of benzene rings is 2. The first-order valence-corrected chi connectivity index (χ1v) is 9.65. The molecule has 0 bridgehead atoms. The number of sulfonamides is 1. The highest BCUT2D eigenvalue weighted by atomic mass is 35.5. The van der Waals surface area contributed by atoms with Gasteiger partial charge in [-0.2, -0.15) is 0 Å². The molecule has 6 nitrogen and oxygen atoms in total. The summed E-state index contributed by atoms with van der Waals surface area (Å²) in [5.74, 6) is 0.0230. The smallest absolute Gasteiger partial charge is 0.266 e. The van der Waals surface area contributed by atoms with E-state index in [0.717, 1.165) is 11.1 Å². The van der Waals surface area contributed by atoms with Crippen molar-refractivity contribution in [1.82, 2.24) is 9.21 Å². The maximum atomic E-state index is 12.8. The maximum absolute atomic E-state index is 12.8. The topological polar surface area (TPSA) is 90.5 Å². The molecule has 0 radical (unpaired) electrons. The summed E-state index contributed by atoms with van der Waals surface area (Å²) in [6.07, 6.45) is 0.713. The van der Waals surface area contributed by atoms with Gasteiger partial charge in [0.2, 0.25) is 5.96 Å². The summed E-state index contributed by atoms with van der Waals surface area (Å²) < 4.78 is 26.9. The van der Waals surface area contributed by atoms with Crippen molar-refractivity contribution in [2.75, 3.05) is 19.6 Å². The monoisotopic (exact) mass is 430 g/mol. The average molecular weight is 431 g/mol. The number of rotatable bonds is 6. The molecule has 0 spiro atoms. The summed E-state index contributed by atoms with van der Waals surface area (Å²) in [6, 6.07) is 16.5. The fraction of sp³-hybridized carbons (Fsp3) is 0.278.